The third-order valence-electron chi connectivity index (χ3n) is 7.24. The number of benzene rings is 3. The van der Waals surface area contributed by atoms with E-state index in [9.17, 15) is 13.5 Å². The average molecular weight is 539 g/mol. The van der Waals surface area contributed by atoms with E-state index in [1.54, 1.807) is 30.3 Å². The zero-order valence-electron chi connectivity index (χ0n) is 22.8. The van der Waals surface area contributed by atoms with Crippen molar-refractivity contribution in [3.8, 4) is 0 Å². The van der Waals surface area contributed by atoms with Crippen molar-refractivity contribution in [2.45, 2.75) is 63.5 Å². The van der Waals surface area contributed by atoms with E-state index >= 15 is 0 Å². The predicted octanol–water partition coefficient (Wildman–Crippen LogP) is 5.45. The second-order valence-corrected chi connectivity index (χ2v) is 17.6. The zero-order valence-corrected chi connectivity index (χ0v) is 24.6. The lowest BCUT2D eigenvalue weighted by Gasteiger charge is -2.43. The molecule has 0 amide bonds. The van der Waals surface area contributed by atoms with E-state index in [-0.39, 0.29) is 22.6 Å². The molecule has 37 heavy (non-hydrogen) atoms. The molecule has 0 bridgehead atoms. The smallest absolute Gasteiger partial charge is 0.261 e. The molecule has 0 aliphatic heterocycles. The van der Waals surface area contributed by atoms with Gasteiger partial charge in [-0.05, 0) is 46.3 Å². The third kappa shape index (κ3) is 6.99. The Kier molecular flexibility index (Phi) is 9.92. The molecule has 0 aliphatic rings. The molecule has 0 aromatic heterocycles. The molecule has 0 spiro atoms. The number of hydrogen-bond donors (Lipinski definition) is 1. The van der Waals surface area contributed by atoms with Gasteiger partial charge in [0.2, 0.25) is 0 Å². The van der Waals surface area contributed by atoms with Crippen LogP contribution in [0, 0.1) is 11.8 Å². The number of rotatable bonds is 12. The van der Waals surface area contributed by atoms with Crippen LogP contribution in [0.1, 0.15) is 47.5 Å². The Morgan fingerprint density at radius 3 is 1.70 bits per heavy atom. The topological polar surface area (TPSA) is 63.6 Å². The van der Waals surface area contributed by atoms with Crippen molar-refractivity contribution < 1.29 is 18.0 Å². The standard InChI is InChI=1S/C31H42O4SSi/c1-25(2)29(24-36(33,34)26-16-9-6-10-17-26)30(32)22-15-23-35-37(31(3,4)5,27-18-11-7-12-19-27)28-20-13-8-14-21-28/h6-14,16-21,25,29-30,32H,15,22-24H2,1-5H3/t29-,30-/m1/s1. The van der Waals surface area contributed by atoms with Crippen LogP contribution in [0.15, 0.2) is 95.9 Å². The number of aliphatic hydroxyl groups is 1. The Bertz CT molecular complexity index is 1150. The SMILES string of the molecule is CC(C)[C@@H](CS(=O)(=O)c1ccccc1)[C@H](O)CCCO[Si](c1ccccc1)(c1ccccc1)C(C)(C)C. The van der Waals surface area contributed by atoms with Gasteiger partial charge in [0, 0.05) is 12.5 Å². The molecule has 3 aromatic rings. The van der Waals surface area contributed by atoms with Gasteiger partial charge in [-0.2, -0.15) is 0 Å². The van der Waals surface area contributed by atoms with Gasteiger partial charge in [-0.3, -0.25) is 0 Å². The molecule has 3 rings (SSSR count). The summed E-state index contributed by atoms with van der Waals surface area (Å²) in [5.41, 5.74) is 0. The fraction of sp³-hybridized carbons (Fsp3) is 0.419. The normalized spacial score (nSPS) is 14.5. The molecule has 0 fully saturated rings. The lowest BCUT2D eigenvalue weighted by molar-refractivity contribution is 0.0787. The maximum absolute atomic E-state index is 13.0. The van der Waals surface area contributed by atoms with Gasteiger partial charge in [-0.1, -0.05) is 113 Å². The Morgan fingerprint density at radius 2 is 1.27 bits per heavy atom. The van der Waals surface area contributed by atoms with Crippen molar-refractivity contribution in [2.75, 3.05) is 12.4 Å². The van der Waals surface area contributed by atoms with Gasteiger partial charge in [0.15, 0.2) is 9.84 Å². The summed E-state index contributed by atoms with van der Waals surface area (Å²) in [7, 11) is -6.11. The summed E-state index contributed by atoms with van der Waals surface area (Å²) in [6, 6.07) is 29.5. The van der Waals surface area contributed by atoms with Crippen LogP contribution in [0.2, 0.25) is 5.04 Å². The van der Waals surface area contributed by atoms with E-state index in [0.717, 1.165) is 0 Å². The number of aliphatic hydroxyl groups excluding tert-OH is 1. The molecule has 0 radical (unpaired) electrons. The second kappa shape index (κ2) is 12.5. The summed E-state index contributed by atoms with van der Waals surface area (Å²) < 4.78 is 33.0. The van der Waals surface area contributed by atoms with Gasteiger partial charge in [-0.15, -0.1) is 0 Å². The summed E-state index contributed by atoms with van der Waals surface area (Å²) >= 11 is 0. The third-order valence-corrected chi connectivity index (χ3v) is 14.1. The van der Waals surface area contributed by atoms with Crippen LogP contribution in [-0.4, -0.2) is 40.3 Å². The monoisotopic (exact) mass is 538 g/mol. The molecule has 0 unspecified atom stereocenters. The van der Waals surface area contributed by atoms with Crippen molar-refractivity contribution in [2.24, 2.45) is 11.8 Å². The summed E-state index contributed by atoms with van der Waals surface area (Å²) in [4.78, 5) is 0.308. The van der Waals surface area contributed by atoms with E-state index < -0.39 is 24.3 Å². The van der Waals surface area contributed by atoms with E-state index in [0.29, 0.717) is 24.3 Å². The van der Waals surface area contributed by atoms with Crippen molar-refractivity contribution in [3.63, 3.8) is 0 Å². The Hall–Kier alpha value is -2.25. The average Bonchev–Trinajstić information content (AvgIpc) is 2.88. The van der Waals surface area contributed by atoms with Crippen LogP contribution >= 0.6 is 0 Å². The summed E-state index contributed by atoms with van der Waals surface area (Å²) in [5, 5.41) is 13.4. The molecule has 1 N–H and O–H groups in total. The quantitative estimate of drug-likeness (QED) is 0.246. The molecular weight excluding hydrogens is 496 g/mol. The fourth-order valence-corrected chi connectivity index (χ4v) is 11.7. The summed E-state index contributed by atoms with van der Waals surface area (Å²) in [6.07, 6.45) is 0.423. The highest BCUT2D eigenvalue weighted by atomic mass is 32.2. The highest BCUT2D eigenvalue weighted by Gasteiger charge is 2.50. The van der Waals surface area contributed by atoms with Crippen LogP contribution < -0.4 is 10.4 Å². The largest absolute Gasteiger partial charge is 0.407 e. The van der Waals surface area contributed by atoms with Gasteiger partial charge in [0.1, 0.15) is 0 Å². The number of sulfone groups is 1. The molecular formula is C31H42O4SSi. The van der Waals surface area contributed by atoms with E-state index in [1.165, 1.54) is 10.4 Å². The van der Waals surface area contributed by atoms with E-state index in [1.807, 2.05) is 26.0 Å². The molecule has 2 atom stereocenters. The van der Waals surface area contributed by atoms with Gasteiger partial charge in [0.05, 0.1) is 16.8 Å². The van der Waals surface area contributed by atoms with Crippen LogP contribution in [0.4, 0.5) is 0 Å². The maximum atomic E-state index is 13.0. The van der Waals surface area contributed by atoms with E-state index in [2.05, 4.69) is 69.3 Å². The molecule has 4 nitrogen and oxygen atoms in total. The lowest BCUT2D eigenvalue weighted by Crippen LogP contribution is -2.66. The van der Waals surface area contributed by atoms with Crippen LogP contribution in [-0.2, 0) is 14.3 Å². The molecule has 0 aliphatic carbocycles. The number of hydrogen-bond acceptors (Lipinski definition) is 4. The molecule has 0 heterocycles. The lowest BCUT2D eigenvalue weighted by atomic mass is 9.90. The first-order valence-electron chi connectivity index (χ1n) is 13.2. The minimum absolute atomic E-state index is 0.0334. The molecule has 0 saturated carbocycles. The fourth-order valence-electron chi connectivity index (χ4n) is 5.22. The van der Waals surface area contributed by atoms with Crippen molar-refractivity contribution in [3.05, 3.63) is 91.0 Å². The predicted molar refractivity (Wildman–Crippen MR) is 156 cm³/mol. The van der Waals surface area contributed by atoms with Crippen molar-refractivity contribution in [1.29, 1.82) is 0 Å². The highest BCUT2D eigenvalue weighted by molar-refractivity contribution is 7.91. The molecule has 200 valence electrons. The first kappa shape index (κ1) is 29.3. The summed E-state index contributed by atoms with van der Waals surface area (Å²) in [6.45, 7) is 11.2. The zero-order chi connectivity index (χ0) is 27.1. The van der Waals surface area contributed by atoms with Gasteiger partial charge < -0.3 is 9.53 Å². The van der Waals surface area contributed by atoms with Gasteiger partial charge in [0.25, 0.3) is 8.32 Å². The highest BCUT2D eigenvalue weighted by Crippen LogP contribution is 2.37. The van der Waals surface area contributed by atoms with Crippen LogP contribution in [0.25, 0.3) is 0 Å². The first-order chi connectivity index (χ1) is 17.5. The Balaban J connectivity index is 1.76. The molecule has 3 aromatic carbocycles. The molecule has 6 heteroatoms. The first-order valence-corrected chi connectivity index (χ1v) is 16.8. The van der Waals surface area contributed by atoms with Crippen LogP contribution in [0.5, 0.6) is 0 Å². The van der Waals surface area contributed by atoms with Gasteiger partial charge >= 0.3 is 0 Å². The van der Waals surface area contributed by atoms with E-state index in [4.69, 9.17) is 4.43 Å². The van der Waals surface area contributed by atoms with Gasteiger partial charge in [-0.25, -0.2) is 8.42 Å². The maximum Gasteiger partial charge on any atom is 0.261 e. The van der Waals surface area contributed by atoms with Crippen molar-refractivity contribution >= 4 is 28.5 Å². The second-order valence-electron chi connectivity index (χ2n) is 11.2. The minimum Gasteiger partial charge on any atom is -0.407 e. The minimum atomic E-state index is -3.48. The molecule has 0 saturated heterocycles. The Morgan fingerprint density at radius 1 is 0.811 bits per heavy atom. The van der Waals surface area contributed by atoms with Crippen molar-refractivity contribution in [1.82, 2.24) is 0 Å². The summed E-state index contributed by atoms with van der Waals surface area (Å²) in [5.74, 6) is -0.380. The Labute approximate surface area is 224 Å². The van der Waals surface area contributed by atoms with Crippen LogP contribution in [0.3, 0.4) is 0 Å².